The maximum absolute atomic E-state index is 11.7. The Hall–Kier alpha value is -3.46. The Bertz CT molecular complexity index is 837. The number of amides is 3. The molecule has 2 aromatic carbocycles. The molecule has 0 unspecified atom stereocenters. The average molecular weight is 377 g/mol. The average Bonchev–Trinajstić information content (AvgIpc) is 2.62. The van der Waals surface area contributed by atoms with Gasteiger partial charge in [-0.25, -0.2) is 0 Å². The first kappa shape index (κ1) is 18.9. The fourth-order valence-corrected chi connectivity index (χ4v) is 1.96. The molecule has 9 nitrogen and oxygen atoms in total. The number of nitrogens with one attached hydrogen (secondary N) is 3. The van der Waals surface area contributed by atoms with Crippen LogP contribution < -0.4 is 16.0 Å². The van der Waals surface area contributed by atoms with Gasteiger partial charge in [0.1, 0.15) is 0 Å². The molecule has 0 atom stereocenters. The van der Waals surface area contributed by atoms with Crippen molar-refractivity contribution in [1.29, 1.82) is 0 Å². The SMILES string of the molecule is O=C(CNC(=O)C(=O)Nc1ccc(Cl)cc1)Nc1ccc([N+](=O)[O-])cc1. The van der Waals surface area contributed by atoms with Gasteiger partial charge in [-0.2, -0.15) is 0 Å². The minimum atomic E-state index is -0.987. The minimum absolute atomic E-state index is 0.116. The number of hydrogen-bond donors (Lipinski definition) is 3. The summed E-state index contributed by atoms with van der Waals surface area (Å²) in [5, 5.41) is 18.0. The van der Waals surface area contributed by atoms with Crippen molar-refractivity contribution in [3.05, 3.63) is 63.7 Å². The number of nitro groups is 1. The van der Waals surface area contributed by atoms with Gasteiger partial charge in [0.15, 0.2) is 0 Å². The number of hydrogen-bond acceptors (Lipinski definition) is 5. The van der Waals surface area contributed by atoms with Gasteiger partial charge in [-0.05, 0) is 36.4 Å². The Labute approximate surface area is 152 Å². The quantitative estimate of drug-likeness (QED) is 0.417. The van der Waals surface area contributed by atoms with Crippen molar-refractivity contribution in [2.24, 2.45) is 0 Å². The lowest BCUT2D eigenvalue weighted by Crippen LogP contribution is -2.39. The summed E-state index contributed by atoms with van der Waals surface area (Å²) in [4.78, 5) is 45.1. The van der Waals surface area contributed by atoms with Crippen molar-refractivity contribution >= 4 is 46.4 Å². The van der Waals surface area contributed by atoms with Gasteiger partial charge in [-0.3, -0.25) is 24.5 Å². The van der Waals surface area contributed by atoms with Crippen molar-refractivity contribution in [2.75, 3.05) is 17.2 Å². The van der Waals surface area contributed by atoms with Gasteiger partial charge < -0.3 is 16.0 Å². The van der Waals surface area contributed by atoms with Gasteiger partial charge in [0.25, 0.3) is 5.69 Å². The minimum Gasteiger partial charge on any atom is -0.339 e. The van der Waals surface area contributed by atoms with E-state index in [0.717, 1.165) is 0 Å². The van der Waals surface area contributed by atoms with E-state index in [-0.39, 0.29) is 5.69 Å². The Morgan fingerprint density at radius 3 is 2.00 bits per heavy atom. The monoisotopic (exact) mass is 376 g/mol. The summed E-state index contributed by atoms with van der Waals surface area (Å²) in [5.74, 6) is -2.51. The van der Waals surface area contributed by atoms with Gasteiger partial charge in [0.2, 0.25) is 5.91 Å². The molecule has 26 heavy (non-hydrogen) atoms. The summed E-state index contributed by atoms with van der Waals surface area (Å²) < 4.78 is 0. The highest BCUT2D eigenvalue weighted by atomic mass is 35.5. The molecule has 134 valence electrons. The van der Waals surface area contributed by atoms with Crippen molar-refractivity contribution in [1.82, 2.24) is 5.32 Å². The topological polar surface area (TPSA) is 130 Å². The molecule has 0 aliphatic rings. The molecule has 0 aliphatic carbocycles. The largest absolute Gasteiger partial charge is 0.339 e. The molecule has 0 bridgehead atoms. The van der Waals surface area contributed by atoms with Crippen LogP contribution in [0, 0.1) is 10.1 Å². The van der Waals surface area contributed by atoms with Crippen molar-refractivity contribution < 1.29 is 19.3 Å². The van der Waals surface area contributed by atoms with Gasteiger partial charge in [-0.15, -0.1) is 0 Å². The molecule has 3 amide bonds. The lowest BCUT2D eigenvalue weighted by Gasteiger charge is -2.07. The van der Waals surface area contributed by atoms with E-state index < -0.39 is 29.2 Å². The number of carbonyl (C=O) groups excluding carboxylic acids is 3. The van der Waals surface area contributed by atoms with E-state index >= 15 is 0 Å². The number of anilines is 2. The van der Waals surface area contributed by atoms with Crippen LogP contribution in [0.5, 0.6) is 0 Å². The van der Waals surface area contributed by atoms with Crippen LogP contribution >= 0.6 is 11.6 Å². The third kappa shape index (κ3) is 5.56. The van der Waals surface area contributed by atoms with E-state index in [1.807, 2.05) is 0 Å². The van der Waals surface area contributed by atoms with Crippen LogP contribution in [0.2, 0.25) is 5.02 Å². The maximum atomic E-state index is 11.7. The van der Waals surface area contributed by atoms with E-state index in [1.54, 1.807) is 12.1 Å². The van der Waals surface area contributed by atoms with E-state index in [4.69, 9.17) is 11.6 Å². The van der Waals surface area contributed by atoms with Gasteiger partial charge in [0, 0.05) is 28.5 Å². The predicted molar refractivity (Wildman–Crippen MR) is 94.8 cm³/mol. The first-order valence-electron chi connectivity index (χ1n) is 7.24. The molecule has 2 rings (SSSR count). The number of rotatable bonds is 5. The smallest absolute Gasteiger partial charge is 0.313 e. The number of benzene rings is 2. The van der Waals surface area contributed by atoms with E-state index in [0.29, 0.717) is 16.4 Å². The summed E-state index contributed by atoms with van der Waals surface area (Å²) in [6.07, 6.45) is 0. The van der Waals surface area contributed by atoms with Crippen LogP contribution in [0.4, 0.5) is 17.1 Å². The molecule has 0 radical (unpaired) electrons. The molecular formula is C16H13ClN4O5. The van der Waals surface area contributed by atoms with Crippen LogP contribution in [0.15, 0.2) is 48.5 Å². The first-order chi connectivity index (χ1) is 12.3. The zero-order valence-corrected chi connectivity index (χ0v) is 13.9. The van der Waals surface area contributed by atoms with Crippen LogP contribution in [0.25, 0.3) is 0 Å². The zero-order chi connectivity index (χ0) is 19.1. The van der Waals surface area contributed by atoms with Gasteiger partial charge in [0.05, 0.1) is 11.5 Å². The fraction of sp³-hybridized carbons (Fsp3) is 0.0625. The van der Waals surface area contributed by atoms with Crippen molar-refractivity contribution in [3.8, 4) is 0 Å². The molecule has 0 aliphatic heterocycles. The maximum Gasteiger partial charge on any atom is 0.313 e. The molecular weight excluding hydrogens is 364 g/mol. The molecule has 0 saturated carbocycles. The molecule has 0 fully saturated rings. The Morgan fingerprint density at radius 2 is 1.42 bits per heavy atom. The highest BCUT2D eigenvalue weighted by Gasteiger charge is 2.15. The summed E-state index contributed by atoms with van der Waals surface area (Å²) in [7, 11) is 0. The Kier molecular flexibility index (Phi) is 6.23. The zero-order valence-electron chi connectivity index (χ0n) is 13.2. The van der Waals surface area contributed by atoms with Crippen LogP contribution in [-0.2, 0) is 14.4 Å². The molecule has 2 aromatic rings. The third-order valence-electron chi connectivity index (χ3n) is 3.08. The number of nitrogens with zero attached hydrogens (tertiary/aromatic N) is 1. The van der Waals surface area contributed by atoms with E-state index in [9.17, 15) is 24.5 Å². The Balaban J connectivity index is 1.80. The highest BCUT2D eigenvalue weighted by molar-refractivity contribution is 6.40. The van der Waals surface area contributed by atoms with Crippen LogP contribution in [0.1, 0.15) is 0 Å². The lowest BCUT2D eigenvalue weighted by molar-refractivity contribution is -0.384. The summed E-state index contributed by atoms with van der Waals surface area (Å²) in [6, 6.07) is 11.3. The molecule has 0 heterocycles. The van der Waals surface area contributed by atoms with Gasteiger partial charge >= 0.3 is 11.8 Å². The van der Waals surface area contributed by atoms with Gasteiger partial charge in [-0.1, -0.05) is 11.6 Å². The second kappa shape index (κ2) is 8.58. The van der Waals surface area contributed by atoms with Crippen LogP contribution in [-0.4, -0.2) is 29.2 Å². The second-order valence-corrected chi connectivity index (χ2v) is 5.43. The molecule has 0 saturated heterocycles. The third-order valence-corrected chi connectivity index (χ3v) is 3.33. The fourth-order valence-electron chi connectivity index (χ4n) is 1.83. The molecule has 10 heteroatoms. The summed E-state index contributed by atoms with van der Waals surface area (Å²) >= 11 is 5.72. The highest BCUT2D eigenvalue weighted by Crippen LogP contribution is 2.15. The van der Waals surface area contributed by atoms with Crippen molar-refractivity contribution in [2.45, 2.75) is 0 Å². The summed E-state index contributed by atoms with van der Waals surface area (Å²) in [5.41, 5.74) is 0.584. The van der Waals surface area contributed by atoms with Crippen LogP contribution in [0.3, 0.4) is 0 Å². The molecule has 0 spiro atoms. The number of nitro benzene ring substituents is 1. The van der Waals surface area contributed by atoms with E-state index in [1.165, 1.54) is 36.4 Å². The number of non-ortho nitro benzene ring substituents is 1. The molecule has 3 N–H and O–H groups in total. The lowest BCUT2D eigenvalue weighted by atomic mass is 10.3. The molecule has 0 aromatic heterocycles. The Morgan fingerprint density at radius 1 is 0.885 bits per heavy atom. The van der Waals surface area contributed by atoms with Crippen molar-refractivity contribution in [3.63, 3.8) is 0 Å². The first-order valence-corrected chi connectivity index (χ1v) is 7.62. The normalized spacial score (nSPS) is 9.88. The number of carbonyl (C=O) groups is 3. The summed E-state index contributed by atoms with van der Waals surface area (Å²) in [6.45, 7) is -0.441. The standard InChI is InChI=1S/C16H13ClN4O5/c17-10-1-3-12(4-2-10)20-16(24)15(23)18-9-14(22)19-11-5-7-13(8-6-11)21(25)26/h1-8H,9H2,(H,18,23)(H,19,22)(H,20,24). The second-order valence-electron chi connectivity index (χ2n) is 5.00. The van der Waals surface area contributed by atoms with E-state index in [2.05, 4.69) is 16.0 Å². The predicted octanol–water partition coefficient (Wildman–Crippen LogP) is 1.94. The number of halogens is 1.